The Kier molecular flexibility index (Phi) is 4.87. The van der Waals surface area contributed by atoms with Crippen LogP contribution in [-0.2, 0) is 0 Å². The van der Waals surface area contributed by atoms with Crippen molar-refractivity contribution in [1.82, 2.24) is 4.98 Å². The molecule has 0 radical (unpaired) electrons. The summed E-state index contributed by atoms with van der Waals surface area (Å²) in [5, 5.41) is 2.97. The number of nitrogens with one attached hydrogen (secondary N) is 1. The molecule has 0 atom stereocenters. The number of aromatic nitrogens is 1. The topological polar surface area (TPSA) is 24.9 Å². The molecule has 4 heteroatoms. The quantitative estimate of drug-likeness (QED) is 0.819. The molecule has 0 unspecified atom stereocenters. The van der Waals surface area contributed by atoms with Crippen molar-refractivity contribution < 1.29 is 4.39 Å². The number of unbranched alkanes of at least 4 members (excludes halogenated alkanes) is 2. The van der Waals surface area contributed by atoms with Gasteiger partial charge >= 0.3 is 0 Å². The highest BCUT2D eigenvalue weighted by atomic mass is 79.9. The summed E-state index contributed by atoms with van der Waals surface area (Å²) in [6.07, 6.45) is 4.96. The van der Waals surface area contributed by atoms with Gasteiger partial charge in [0.05, 0.1) is 0 Å². The number of halogens is 2. The van der Waals surface area contributed by atoms with Gasteiger partial charge in [-0.15, -0.1) is 0 Å². The summed E-state index contributed by atoms with van der Waals surface area (Å²) in [5.41, 5.74) is 0. The fraction of sp³-hybridized carbons (Fsp3) is 0.500. The molecule has 0 amide bonds. The smallest absolute Gasteiger partial charge is 0.166 e. The maximum absolute atomic E-state index is 13.2. The average Bonchev–Trinajstić information content (AvgIpc) is 2.15. The lowest BCUT2D eigenvalue weighted by Gasteiger charge is -2.05. The molecule has 1 rings (SSSR count). The Morgan fingerprint density at radius 1 is 1.50 bits per heavy atom. The number of hydrogen-bond donors (Lipinski definition) is 1. The van der Waals surface area contributed by atoms with Crippen LogP contribution < -0.4 is 5.32 Å². The van der Waals surface area contributed by atoms with Gasteiger partial charge in [0, 0.05) is 17.2 Å². The van der Waals surface area contributed by atoms with Crippen LogP contribution in [0.25, 0.3) is 0 Å². The summed E-state index contributed by atoms with van der Waals surface area (Å²) in [4.78, 5) is 3.94. The molecule has 78 valence electrons. The first-order chi connectivity index (χ1) is 6.74. The Morgan fingerprint density at radius 3 is 2.93 bits per heavy atom. The van der Waals surface area contributed by atoms with Gasteiger partial charge in [-0.1, -0.05) is 19.8 Å². The molecule has 0 aromatic carbocycles. The van der Waals surface area contributed by atoms with Gasteiger partial charge in [-0.25, -0.2) is 9.37 Å². The van der Waals surface area contributed by atoms with Crippen LogP contribution in [0, 0.1) is 5.82 Å². The maximum Gasteiger partial charge on any atom is 0.166 e. The second-order valence-electron chi connectivity index (χ2n) is 3.12. The highest BCUT2D eigenvalue weighted by molar-refractivity contribution is 9.10. The number of pyridine rings is 1. The van der Waals surface area contributed by atoms with Gasteiger partial charge in [-0.2, -0.15) is 0 Å². The van der Waals surface area contributed by atoms with Gasteiger partial charge in [0.1, 0.15) is 0 Å². The van der Waals surface area contributed by atoms with Gasteiger partial charge in [-0.3, -0.25) is 0 Å². The lowest BCUT2D eigenvalue weighted by atomic mass is 10.2. The first kappa shape index (κ1) is 11.4. The standard InChI is InChI=1S/C10H14BrFN2/c1-2-3-4-5-13-10-9(12)6-8(11)7-14-10/h6-7H,2-5H2,1H3,(H,13,14). The summed E-state index contributed by atoms with van der Waals surface area (Å²) in [6.45, 7) is 2.91. The van der Waals surface area contributed by atoms with Gasteiger partial charge in [0.25, 0.3) is 0 Å². The summed E-state index contributed by atoms with van der Waals surface area (Å²) < 4.78 is 13.9. The third kappa shape index (κ3) is 3.62. The van der Waals surface area contributed by atoms with Crippen LogP contribution >= 0.6 is 15.9 Å². The third-order valence-corrected chi connectivity index (χ3v) is 2.31. The van der Waals surface area contributed by atoms with E-state index in [1.807, 2.05) is 0 Å². The van der Waals surface area contributed by atoms with Gasteiger partial charge in [0.2, 0.25) is 0 Å². The lowest BCUT2D eigenvalue weighted by Crippen LogP contribution is -2.05. The Hall–Kier alpha value is -0.640. The molecule has 1 aromatic rings. The molecule has 1 N–H and O–H groups in total. The van der Waals surface area contributed by atoms with Crippen LogP contribution in [0.1, 0.15) is 26.2 Å². The minimum Gasteiger partial charge on any atom is -0.368 e. The minimum atomic E-state index is -0.309. The van der Waals surface area contributed by atoms with Crippen molar-refractivity contribution in [1.29, 1.82) is 0 Å². The summed E-state index contributed by atoms with van der Waals surface area (Å²) in [7, 11) is 0. The van der Waals surface area contributed by atoms with Crippen LogP contribution in [0.5, 0.6) is 0 Å². The van der Waals surface area contributed by atoms with E-state index < -0.39 is 0 Å². The van der Waals surface area contributed by atoms with Gasteiger partial charge in [-0.05, 0) is 28.4 Å². The van der Waals surface area contributed by atoms with E-state index in [4.69, 9.17) is 0 Å². The van der Waals surface area contributed by atoms with E-state index >= 15 is 0 Å². The van der Waals surface area contributed by atoms with Crippen LogP contribution in [0.4, 0.5) is 10.2 Å². The number of hydrogen-bond acceptors (Lipinski definition) is 2. The molecule has 1 aromatic heterocycles. The highest BCUT2D eigenvalue weighted by Gasteiger charge is 2.02. The first-order valence-corrected chi connectivity index (χ1v) is 5.58. The Morgan fingerprint density at radius 2 is 2.29 bits per heavy atom. The molecule has 1 heterocycles. The Labute approximate surface area is 92.1 Å². The van der Waals surface area contributed by atoms with Gasteiger partial charge in [0.15, 0.2) is 11.6 Å². The monoisotopic (exact) mass is 260 g/mol. The van der Waals surface area contributed by atoms with Crippen molar-refractivity contribution >= 4 is 21.7 Å². The molecule has 14 heavy (non-hydrogen) atoms. The van der Waals surface area contributed by atoms with Crippen molar-refractivity contribution in [2.75, 3.05) is 11.9 Å². The summed E-state index contributed by atoms with van der Waals surface area (Å²) in [6, 6.07) is 1.41. The Balaban J connectivity index is 2.42. The van der Waals surface area contributed by atoms with Gasteiger partial charge < -0.3 is 5.32 Å². The van der Waals surface area contributed by atoms with E-state index in [0.717, 1.165) is 25.8 Å². The lowest BCUT2D eigenvalue weighted by molar-refractivity contribution is 0.621. The molecule has 0 saturated carbocycles. The molecule has 0 aliphatic carbocycles. The van der Waals surface area contributed by atoms with Crippen LogP contribution in [0.2, 0.25) is 0 Å². The van der Waals surface area contributed by atoms with Crippen molar-refractivity contribution in [3.63, 3.8) is 0 Å². The Bertz CT molecular complexity index is 291. The number of anilines is 1. The number of rotatable bonds is 5. The molecule has 0 fully saturated rings. The highest BCUT2D eigenvalue weighted by Crippen LogP contribution is 2.15. The van der Waals surface area contributed by atoms with Crippen molar-refractivity contribution in [3.05, 3.63) is 22.6 Å². The second-order valence-corrected chi connectivity index (χ2v) is 4.03. The fourth-order valence-corrected chi connectivity index (χ4v) is 1.43. The van der Waals surface area contributed by atoms with E-state index in [1.165, 1.54) is 6.07 Å². The van der Waals surface area contributed by atoms with E-state index in [9.17, 15) is 4.39 Å². The van der Waals surface area contributed by atoms with Crippen LogP contribution in [0.3, 0.4) is 0 Å². The van der Waals surface area contributed by atoms with E-state index in [-0.39, 0.29) is 5.82 Å². The van der Waals surface area contributed by atoms with E-state index in [2.05, 4.69) is 33.2 Å². The summed E-state index contributed by atoms with van der Waals surface area (Å²) in [5.74, 6) is 0.0279. The molecule has 0 aliphatic rings. The second kappa shape index (κ2) is 5.96. The SMILES string of the molecule is CCCCCNc1ncc(Br)cc1F. The molecule has 0 saturated heterocycles. The zero-order chi connectivity index (χ0) is 10.4. The molecule has 0 bridgehead atoms. The molecular weight excluding hydrogens is 247 g/mol. The number of nitrogens with zero attached hydrogens (tertiary/aromatic N) is 1. The normalized spacial score (nSPS) is 10.2. The summed E-state index contributed by atoms with van der Waals surface area (Å²) >= 11 is 3.16. The first-order valence-electron chi connectivity index (χ1n) is 4.79. The van der Waals surface area contributed by atoms with Crippen molar-refractivity contribution in [3.8, 4) is 0 Å². The minimum absolute atomic E-state index is 0.309. The average molecular weight is 261 g/mol. The van der Waals surface area contributed by atoms with E-state index in [0.29, 0.717) is 10.3 Å². The fourth-order valence-electron chi connectivity index (χ4n) is 1.13. The largest absolute Gasteiger partial charge is 0.368 e. The third-order valence-electron chi connectivity index (χ3n) is 1.88. The van der Waals surface area contributed by atoms with Crippen molar-refractivity contribution in [2.24, 2.45) is 0 Å². The van der Waals surface area contributed by atoms with Crippen LogP contribution in [-0.4, -0.2) is 11.5 Å². The molecule has 2 nitrogen and oxygen atoms in total. The molecule has 0 spiro atoms. The zero-order valence-corrected chi connectivity index (χ0v) is 9.77. The molecular formula is C10H14BrFN2. The van der Waals surface area contributed by atoms with Crippen molar-refractivity contribution in [2.45, 2.75) is 26.2 Å². The predicted octanol–water partition coefficient (Wildman–Crippen LogP) is 3.59. The maximum atomic E-state index is 13.2. The van der Waals surface area contributed by atoms with Crippen LogP contribution in [0.15, 0.2) is 16.7 Å². The molecule has 0 aliphatic heterocycles. The predicted molar refractivity (Wildman–Crippen MR) is 59.9 cm³/mol. The zero-order valence-electron chi connectivity index (χ0n) is 8.19. The van der Waals surface area contributed by atoms with E-state index in [1.54, 1.807) is 6.20 Å².